The SMILES string of the molecule is COc1ccc2ncc(CO)c(C(F)CCC3(C(=O)O)CCN(CCCc4cc(F)c(F)c(F)c4)CC3)c2c1. The molecule has 2 aromatic carbocycles. The first-order valence-corrected chi connectivity index (χ1v) is 13.0. The first-order valence-electron chi connectivity index (χ1n) is 13.0. The van der Waals surface area contributed by atoms with Gasteiger partial charge < -0.3 is 19.8 Å². The highest BCUT2D eigenvalue weighted by Gasteiger charge is 2.41. The van der Waals surface area contributed by atoms with Crippen LogP contribution in [-0.4, -0.2) is 52.8 Å². The number of aliphatic carboxylic acids is 1. The van der Waals surface area contributed by atoms with E-state index in [1.54, 1.807) is 18.2 Å². The summed E-state index contributed by atoms with van der Waals surface area (Å²) in [4.78, 5) is 18.7. The Kier molecular flexibility index (Phi) is 9.07. The number of carboxylic acids is 1. The summed E-state index contributed by atoms with van der Waals surface area (Å²) in [6.07, 6.45) is 1.64. The summed E-state index contributed by atoms with van der Waals surface area (Å²) in [6.45, 7) is 1.18. The molecule has 2 N–H and O–H groups in total. The Labute approximate surface area is 224 Å². The van der Waals surface area contributed by atoms with E-state index in [9.17, 15) is 28.2 Å². The zero-order valence-electron chi connectivity index (χ0n) is 21.7. The Morgan fingerprint density at radius 3 is 2.46 bits per heavy atom. The van der Waals surface area contributed by atoms with Crippen LogP contribution in [0.25, 0.3) is 10.9 Å². The normalized spacial score (nSPS) is 16.4. The van der Waals surface area contributed by atoms with Gasteiger partial charge in [0.15, 0.2) is 17.5 Å². The van der Waals surface area contributed by atoms with Crippen molar-refractivity contribution in [1.82, 2.24) is 9.88 Å². The molecule has 0 aliphatic carbocycles. The van der Waals surface area contributed by atoms with E-state index in [2.05, 4.69) is 9.88 Å². The molecular weight excluding hydrogens is 516 g/mol. The molecule has 39 heavy (non-hydrogen) atoms. The molecule has 1 aliphatic heterocycles. The number of aromatic nitrogens is 1. The van der Waals surface area contributed by atoms with Gasteiger partial charge >= 0.3 is 5.97 Å². The van der Waals surface area contributed by atoms with Crippen LogP contribution < -0.4 is 4.74 Å². The number of hydrogen-bond acceptors (Lipinski definition) is 5. The summed E-state index contributed by atoms with van der Waals surface area (Å²) in [5, 5.41) is 20.4. The number of carbonyl (C=O) groups is 1. The molecule has 0 radical (unpaired) electrons. The zero-order chi connectivity index (χ0) is 28.2. The predicted octanol–water partition coefficient (Wildman–Crippen LogP) is 5.74. The molecule has 3 aromatic rings. The summed E-state index contributed by atoms with van der Waals surface area (Å²) < 4.78 is 61.1. The van der Waals surface area contributed by atoms with Crippen molar-refractivity contribution < 1.29 is 37.3 Å². The number of halogens is 4. The molecule has 0 amide bonds. The first kappa shape index (κ1) is 28.8. The van der Waals surface area contributed by atoms with Crippen molar-refractivity contribution in [2.75, 3.05) is 26.7 Å². The quantitative estimate of drug-likeness (QED) is 0.235. The summed E-state index contributed by atoms with van der Waals surface area (Å²) in [6, 6.07) is 7.07. The number of piperidine rings is 1. The third-order valence-corrected chi connectivity index (χ3v) is 7.81. The number of alkyl halides is 1. The third-order valence-electron chi connectivity index (χ3n) is 7.81. The van der Waals surface area contributed by atoms with E-state index in [4.69, 9.17) is 4.74 Å². The highest BCUT2D eigenvalue weighted by Crippen LogP contribution is 2.41. The lowest BCUT2D eigenvalue weighted by Gasteiger charge is -2.39. The van der Waals surface area contributed by atoms with Gasteiger partial charge in [-0.05, 0) is 94.1 Å². The number of benzene rings is 2. The molecule has 1 saturated heterocycles. The van der Waals surface area contributed by atoms with Gasteiger partial charge in [0.25, 0.3) is 0 Å². The van der Waals surface area contributed by atoms with Crippen LogP contribution >= 0.6 is 0 Å². The average molecular weight is 549 g/mol. The number of aliphatic hydroxyl groups excluding tert-OH is 1. The van der Waals surface area contributed by atoms with Crippen LogP contribution in [0.3, 0.4) is 0 Å². The van der Waals surface area contributed by atoms with Crippen molar-refractivity contribution in [2.45, 2.75) is 51.3 Å². The highest BCUT2D eigenvalue weighted by atomic mass is 19.2. The average Bonchev–Trinajstić information content (AvgIpc) is 2.94. The van der Waals surface area contributed by atoms with Crippen molar-refractivity contribution in [3.63, 3.8) is 0 Å². The number of nitrogens with zero attached hydrogens (tertiary/aromatic N) is 2. The van der Waals surface area contributed by atoms with E-state index in [1.807, 2.05) is 0 Å². The monoisotopic (exact) mass is 548 g/mol. The van der Waals surface area contributed by atoms with E-state index in [0.29, 0.717) is 78.7 Å². The largest absolute Gasteiger partial charge is 0.497 e. The van der Waals surface area contributed by atoms with Gasteiger partial charge in [-0.15, -0.1) is 0 Å². The highest BCUT2D eigenvalue weighted by molar-refractivity contribution is 5.85. The van der Waals surface area contributed by atoms with Crippen LogP contribution in [0.5, 0.6) is 5.75 Å². The molecule has 0 spiro atoms. The fourth-order valence-corrected chi connectivity index (χ4v) is 5.44. The Morgan fingerprint density at radius 2 is 1.85 bits per heavy atom. The van der Waals surface area contributed by atoms with Gasteiger partial charge in [0.2, 0.25) is 0 Å². The molecule has 4 rings (SSSR count). The number of fused-ring (bicyclic) bond motifs is 1. The summed E-state index contributed by atoms with van der Waals surface area (Å²) in [5.74, 6) is -4.36. The topological polar surface area (TPSA) is 82.9 Å². The fraction of sp³-hybridized carbons (Fsp3) is 0.448. The number of methoxy groups -OCH3 is 1. The van der Waals surface area contributed by atoms with Gasteiger partial charge in [0.1, 0.15) is 11.9 Å². The van der Waals surface area contributed by atoms with E-state index in [1.165, 1.54) is 13.3 Å². The van der Waals surface area contributed by atoms with Crippen molar-refractivity contribution in [3.05, 3.63) is 70.7 Å². The van der Waals surface area contributed by atoms with E-state index < -0.39 is 41.6 Å². The first-order chi connectivity index (χ1) is 18.7. The summed E-state index contributed by atoms with van der Waals surface area (Å²) in [7, 11) is 1.50. The van der Waals surface area contributed by atoms with Crippen LogP contribution in [0, 0.1) is 22.9 Å². The number of aliphatic hydroxyl groups is 1. The van der Waals surface area contributed by atoms with E-state index >= 15 is 4.39 Å². The third kappa shape index (κ3) is 6.33. The molecule has 1 aliphatic rings. The Bertz CT molecular complexity index is 1300. The number of ether oxygens (including phenoxy) is 1. The molecule has 0 bridgehead atoms. The molecule has 10 heteroatoms. The number of aryl methyl sites for hydroxylation is 1. The molecular formula is C29H32F4N2O4. The maximum absolute atomic E-state index is 15.8. The minimum Gasteiger partial charge on any atom is -0.497 e. The fourth-order valence-electron chi connectivity index (χ4n) is 5.44. The van der Waals surface area contributed by atoms with Crippen molar-refractivity contribution in [1.29, 1.82) is 0 Å². The van der Waals surface area contributed by atoms with Crippen LogP contribution in [0.2, 0.25) is 0 Å². The van der Waals surface area contributed by atoms with E-state index in [-0.39, 0.29) is 12.8 Å². The van der Waals surface area contributed by atoms with E-state index in [0.717, 1.165) is 12.1 Å². The van der Waals surface area contributed by atoms with Crippen molar-refractivity contribution >= 4 is 16.9 Å². The lowest BCUT2D eigenvalue weighted by atomic mass is 9.74. The molecule has 1 fully saturated rings. The van der Waals surface area contributed by atoms with Gasteiger partial charge in [-0.1, -0.05) is 0 Å². The Balaban J connectivity index is 1.38. The maximum Gasteiger partial charge on any atom is 0.309 e. The van der Waals surface area contributed by atoms with Crippen LogP contribution in [0.1, 0.15) is 55.0 Å². The van der Waals surface area contributed by atoms with Gasteiger partial charge in [0.05, 0.1) is 24.6 Å². The Hall–Kier alpha value is -3.24. The lowest BCUT2D eigenvalue weighted by Crippen LogP contribution is -2.44. The van der Waals surface area contributed by atoms with Gasteiger partial charge in [0, 0.05) is 22.7 Å². The molecule has 1 unspecified atom stereocenters. The van der Waals surface area contributed by atoms with Gasteiger partial charge in [-0.3, -0.25) is 9.78 Å². The second kappa shape index (κ2) is 12.3. The predicted molar refractivity (Wildman–Crippen MR) is 138 cm³/mol. The number of carboxylic acid groups (broad SMARTS) is 1. The molecule has 1 atom stereocenters. The molecule has 0 saturated carbocycles. The van der Waals surface area contributed by atoms with Crippen molar-refractivity contribution in [3.8, 4) is 5.75 Å². The summed E-state index contributed by atoms with van der Waals surface area (Å²) in [5.41, 5.74) is 0.486. The maximum atomic E-state index is 15.8. The minimum absolute atomic E-state index is 0.0304. The number of rotatable bonds is 11. The van der Waals surface area contributed by atoms with Crippen LogP contribution in [0.4, 0.5) is 17.6 Å². The van der Waals surface area contributed by atoms with Crippen LogP contribution in [-0.2, 0) is 17.8 Å². The second-order valence-corrected chi connectivity index (χ2v) is 10.1. The molecule has 1 aromatic heterocycles. The number of likely N-dealkylation sites (tertiary alicyclic amines) is 1. The van der Waals surface area contributed by atoms with Crippen LogP contribution in [0.15, 0.2) is 36.5 Å². The zero-order valence-corrected chi connectivity index (χ0v) is 21.7. The Morgan fingerprint density at radius 1 is 1.15 bits per heavy atom. The number of pyridine rings is 1. The molecule has 6 nitrogen and oxygen atoms in total. The van der Waals surface area contributed by atoms with Gasteiger partial charge in [-0.2, -0.15) is 0 Å². The number of hydrogen-bond donors (Lipinski definition) is 2. The molecule has 210 valence electrons. The lowest BCUT2D eigenvalue weighted by molar-refractivity contribution is -0.153. The standard InChI is InChI=1S/C29H32F4N2O4/c1-39-20-4-5-25-21(15-20)26(19(17-36)16-34-25)22(30)6-7-29(28(37)38)8-11-35(12-9-29)10-2-3-18-13-23(31)27(33)24(32)14-18/h4-5,13-16,22,36H,2-3,6-12,17H2,1H3,(H,37,38). The molecule has 2 heterocycles. The van der Waals surface area contributed by atoms with Gasteiger partial charge in [-0.25, -0.2) is 17.6 Å². The van der Waals surface area contributed by atoms with Crippen molar-refractivity contribution in [2.24, 2.45) is 5.41 Å². The second-order valence-electron chi connectivity index (χ2n) is 10.1. The summed E-state index contributed by atoms with van der Waals surface area (Å²) >= 11 is 0. The smallest absolute Gasteiger partial charge is 0.309 e. The minimum atomic E-state index is -1.50.